The van der Waals surface area contributed by atoms with Gasteiger partial charge in [-0.05, 0) is 45.1 Å². The van der Waals surface area contributed by atoms with Crippen LogP contribution in [0.15, 0.2) is 31.7 Å². The Bertz CT molecular complexity index is 1420. The molecule has 2 aromatic rings. The number of benzene rings is 1. The second-order valence-electron chi connectivity index (χ2n) is 8.58. The Kier molecular flexibility index (Phi) is 8.11. The third-order valence-corrected chi connectivity index (χ3v) is 6.91. The van der Waals surface area contributed by atoms with Crippen molar-refractivity contribution in [3.05, 3.63) is 54.3 Å². The van der Waals surface area contributed by atoms with Crippen LogP contribution in [-0.4, -0.2) is 56.6 Å². The number of carbonyl (C=O) groups excluding carboxylic acids is 1. The molecule has 0 N–H and O–H groups in total. The molecule has 194 valence electrons. The lowest BCUT2D eigenvalue weighted by molar-refractivity contribution is -0.140. The van der Waals surface area contributed by atoms with Gasteiger partial charge in [-0.1, -0.05) is 11.6 Å². The number of hydrogen-bond donors (Lipinski definition) is 0. The number of nitrogens with zero attached hydrogens (tertiary/aromatic N) is 5. The second kappa shape index (κ2) is 10.6. The molecule has 10 nitrogen and oxygen atoms in total. The van der Waals surface area contributed by atoms with E-state index in [0.29, 0.717) is 21.6 Å². The third-order valence-electron chi connectivity index (χ3n) is 6.05. The van der Waals surface area contributed by atoms with Gasteiger partial charge in [0.1, 0.15) is 17.6 Å². The Hall–Kier alpha value is -2.96. The molecule has 1 unspecified atom stereocenters. The van der Waals surface area contributed by atoms with E-state index in [1.54, 1.807) is 13.8 Å². The molecule has 1 aliphatic rings. The minimum Gasteiger partial charge on any atom is -0.469 e. The molecule has 13 heteroatoms. The number of esters is 1. The van der Waals surface area contributed by atoms with Gasteiger partial charge in [-0.15, -0.1) is 0 Å². The normalized spacial score (nSPS) is 20.3. The molecule has 0 fully saturated rings. The van der Waals surface area contributed by atoms with Crippen molar-refractivity contribution < 1.29 is 18.7 Å². The van der Waals surface area contributed by atoms with Gasteiger partial charge in [0.15, 0.2) is 4.77 Å². The number of aliphatic imine (C=N–C) groups is 2. The van der Waals surface area contributed by atoms with E-state index >= 15 is 4.39 Å². The largest absolute Gasteiger partial charge is 0.469 e. The van der Waals surface area contributed by atoms with Gasteiger partial charge in [-0.25, -0.2) is 18.5 Å². The number of carbonyl (C=O) groups is 1. The summed E-state index contributed by atoms with van der Waals surface area (Å²) in [4.78, 5) is 46.1. The highest BCUT2D eigenvalue weighted by molar-refractivity contribution is 7.71. The van der Waals surface area contributed by atoms with Gasteiger partial charge >= 0.3 is 17.3 Å². The highest BCUT2D eigenvalue weighted by atomic mass is 35.5. The first-order chi connectivity index (χ1) is 16.8. The Labute approximate surface area is 216 Å². The zero-order chi connectivity index (χ0) is 26.9. The molecular weight excluding hydrogens is 513 g/mol. The predicted octanol–water partition coefficient (Wildman–Crippen LogP) is 2.73. The fourth-order valence-corrected chi connectivity index (χ4v) is 4.31. The predicted molar refractivity (Wildman–Crippen MR) is 137 cm³/mol. The first-order valence-corrected chi connectivity index (χ1v) is 11.8. The van der Waals surface area contributed by atoms with Crippen LogP contribution in [-0.2, 0) is 28.4 Å². The first-order valence-electron chi connectivity index (χ1n) is 11.0. The average molecular weight is 540 g/mol. The molecule has 0 amide bonds. The van der Waals surface area contributed by atoms with E-state index in [1.807, 2.05) is 6.92 Å². The minimum absolute atomic E-state index is 0.00352. The molecule has 0 spiro atoms. The SMILES string of the molecule is COC(=O)CCN=C(C)C1(C)CC(c2cc(-n3c(=O)n(C)c(=S)n(C)c3=O)c(F)cc2Cl)=N[C@H](C)O1. The molecule has 2 heterocycles. The number of methoxy groups -OCH3 is 1. The molecule has 0 saturated carbocycles. The molecule has 0 saturated heterocycles. The van der Waals surface area contributed by atoms with E-state index in [9.17, 15) is 14.4 Å². The Morgan fingerprint density at radius 1 is 1.33 bits per heavy atom. The smallest absolute Gasteiger partial charge is 0.338 e. The summed E-state index contributed by atoms with van der Waals surface area (Å²) < 4.78 is 28.6. The summed E-state index contributed by atoms with van der Waals surface area (Å²) in [5.41, 5.74) is -1.31. The van der Waals surface area contributed by atoms with Gasteiger partial charge in [0.05, 0.1) is 24.2 Å². The summed E-state index contributed by atoms with van der Waals surface area (Å²) in [5.74, 6) is -1.23. The number of aromatic nitrogens is 3. The molecule has 0 aliphatic carbocycles. The lowest BCUT2D eigenvalue weighted by Gasteiger charge is -2.36. The minimum atomic E-state index is -0.895. The second-order valence-corrected chi connectivity index (χ2v) is 9.35. The Morgan fingerprint density at radius 3 is 2.53 bits per heavy atom. The monoisotopic (exact) mass is 539 g/mol. The summed E-state index contributed by atoms with van der Waals surface area (Å²) in [7, 11) is 4.10. The van der Waals surface area contributed by atoms with E-state index in [2.05, 4.69) is 14.7 Å². The number of rotatable bonds is 6. The Morgan fingerprint density at radius 2 is 1.94 bits per heavy atom. The molecule has 2 atom stereocenters. The molecular formula is C23H27ClFN5O5S. The van der Waals surface area contributed by atoms with Crippen LogP contribution in [0.5, 0.6) is 0 Å². The van der Waals surface area contributed by atoms with Crippen molar-refractivity contribution >= 4 is 41.2 Å². The fraction of sp³-hybridized carbons (Fsp3) is 0.478. The van der Waals surface area contributed by atoms with E-state index in [-0.39, 0.29) is 40.8 Å². The lowest BCUT2D eigenvalue weighted by Crippen LogP contribution is -2.45. The van der Waals surface area contributed by atoms with Crippen LogP contribution in [0.1, 0.15) is 39.2 Å². The molecule has 3 rings (SSSR count). The summed E-state index contributed by atoms with van der Waals surface area (Å²) >= 11 is 11.5. The van der Waals surface area contributed by atoms with E-state index in [1.165, 1.54) is 27.3 Å². The van der Waals surface area contributed by atoms with Gasteiger partial charge in [0.25, 0.3) is 0 Å². The molecule has 0 radical (unpaired) electrons. The molecule has 0 bridgehead atoms. The maximum atomic E-state index is 15.0. The van der Waals surface area contributed by atoms with Crippen molar-refractivity contribution in [3.63, 3.8) is 0 Å². The van der Waals surface area contributed by atoms with Crippen LogP contribution in [0.4, 0.5) is 4.39 Å². The first kappa shape index (κ1) is 27.6. The number of hydrogen-bond acceptors (Lipinski definition) is 8. The number of ether oxygens (including phenoxy) is 2. The summed E-state index contributed by atoms with van der Waals surface area (Å²) in [6, 6.07) is 2.36. The summed E-state index contributed by atoms with van der Waals surface area (Å²) in [6.45, 7) is 5.57. The van der Waals surface area contributed by atoms with Crippen LogP contribution in [0.3, 0.4) is 0 Å². The maximum Gasteiger partial charge on any atom is 0.338 e. The highest BCUT2D eigenvalue weighted by Crippen LogP contribution is 2.32. The van der Waals surface area contributed by atoms with Crippen molar-refractivity contribution in [1.29, 1.82) is 0 Å². The highest BCUT2D eigenvalue weighted by Gasteiger charge is 2.37. The standard InChI is InChI=1S/C23H27ClFN5O5S/c1-12(26-8-7-19(31)34-6)23(3)11-17(27-13(2)35-23)14-9-18(16(25)10-15(14)24)30-20(32)28(4)22(36)29(5)21(30)33/h9-10,13H,7-8,11H2,1-6H3/t13-,23?/m0/s1. The average Bonchev–Trinajstić information content (AvgIpc) is 2.82. The molecule has 1 aromatic heterocycles. The fourth-order valence-electron chi connectivity index (χ4n) is 3.90. The van der Waals surface area contributed by atoms with Crippen molar-refractivity contribution in [1.82, 2.24) is 13.7 Å². The quantitative estimate of drug-likeness (QED) is 0.317. The zero-order valence-corrected chi connectivity index (χ0v) is 22.4. The van der Waals surface area contributed by atoms with Gasteiger partial charge in [-0.3, -0.25) is 23.9 Å². The van der Waals surface area contributed by atoms with Crippen LogP contribution in [0.25, 0.3) is 5.69 Å². The molecule has 36 heavy (non-hydrogen) atoms. The van der Waals surface area contributed by atoms with Gasteiger partial charge in [0.2, 0.25) is 0 Å². The lowest BCUT2D eigenvalue weighted by atomic mass is 9.89. The van der Waals surface area contributed by atoms with E-state index < -0.39 is 29.0 Å². The van der Waals surface area contributed by atoms with Crippen molar-refractivity contribution in [2.75, 3.05) is 13.7 Å². The molecule has 1 aliphatic heterocycles. The van der Waals surface area contributed by atoms with Gasteiger partial charge in [0, 0.05) is 44.0 Å². The van der Waals surface area contributed by atoms with Gasteiger partial charge < -0.3 is 9.47 Å². The van der Waals surface area contributed by atoms with E-state index in [4.69, 9.17) is 28.6 Å². The topological polar surface area (TPSA) is 109 Å². The van der Waals surface area contributed by atoms with Crippen LogP contribution in [0, 0.1) is 10.6 Å². The number of halogens is 2. The molecule has 1 aromatic carbocycles. The maximum absolute atomic E-state index is 15.0. The van der Waals surface area contributed by atoms with Crippen LogP contribution in [0.2, 0.25) is 5.02 Å². The van der Waals surface area contributed by atoms with Crippen LogP contribution < -0.4 is 11.4 Å². The van der Waals surface area contributed by atoms with E-state index in [0.717, 1.165) is 15.2 Å². The van der Waals surface area contributed by atoms with Crippen LogP contribution >= 0.6 is 23.8 Å². The zero-order valence-electron chi connectivity index (χ0n) is 20.8. The van der Waals surface area contributed by atoms with Gasteiger partial charge in [-0.2, -0.15) is 0 Å². The third kappa shape index (κ3) is 5.25. The van der Waals surface area contributed by atoms with Crippen molar-refractivity contribution in [2.24, 2.45) is 24.1 Å². The summed E-state index contributed by atoms with van der Waals surface area (Å²) in [5, 5.41) is 0.0564. The summed E-state index contributed by atoms with van der Waals surface area (Å²) in [6.07, 6.45) is -0.249. The Balaban J connectivity index is 2.09. The van der Waals surface area contributed by atoms with Crippen molar-refractivity contribution in [2.45, 2.75) is 45.4 Å². The van der Waals surface area contributed by atoms with Crippen molar-refractivity contribution in [3.8, 4) is 5.69 Å².